The number of morpholine rings is 1. The largest absolute Gasteiger partial charge is 0.396 e. The first-order chi connectivity index (χ1) is 10.6. The first-order valence-electron chi connectivity index (χ1n) is 7.83. The van der Waals surface area contributed by atoms with E-state index in [-0.39, 0.29) is 24.7 Å². The van der Waals surface area contributed by atoms with Crippen LogP contribution in [0.15, 0.2) is 6.20 Å². The summed E-state index contributed by atoms with van der Waals surface area (Å²) in [5.41, 5.74) is 1.70. The van der Waals surface area contributed by atoms with Crippen LogP contribution in [-0.4, -0.2) is 64.1 Å². The first kappa shape index (κ1) is 15.5. The molecule has 1 saturated heterocycles. The van der Waals surface area contributed by atoms with E-state index >= 15 is 0 Å². The topological polar surface area (TPSA) is 79.6 Å². The molecule has 0 spiro atoms. The van der Waals surface area contributed by atoms with E-state index in [1.54, 1.807) is 10.9 Å². The third kappa shape index (κ3) is 3.02. The van der Waals surface area contributed by atoms with Crippen molar-refractivity contribution in [3.8, 4) is 0 Å². The number of rotatable bonds is 4. The highest BCUT2D eigenvalue weighted by molar-refractivity contribution is 5.92. The number of aryl methyl sites for hydroxylation is 1. The molecule has 2 heterocycles. The summed E-state index contributed by atoms with van der Waals surface area (Å²) in [5, 5.41) is 16.4. The molecule has 2 fully saturated rings. The maximum absolute atomic E-state index is 12.3. The van der Waals surface area contributed by atoms with Gasteiger partial charge in [-0.05, 0) is 25.7 Å². The Labute approximate surface area is 130 Å². The quantitative estimate of drug-likeness (QED) is 0.827. The van der Waals surface area contributed by atoms with Crippen molar-refractivity contribution >= 4 is 11.6 Å². The minimum Gasteiger partial charge on any atom is -0.396 e. The molecule has 0 radical (unpaired) electrons. The summed E-state index contributed by atoms with van der Waals surface area (Å²) < 4.78 is 7.53. The Hall–Kier alpha value is -1.44. The van der Waals surface area contributed by atoms with Gasteiger partial charge in [0.25, 0.3) is 0 Å². The van der Waals surface area contributed by atoms with Gasteiger partial charge >= 0.3 is 0 Å². The molecule has 1 aromatic heterocycles. The van der Waals surface area contributed by atoms with Gasteiger partial charge in [-0.25, -0.2) is 0 Å². The Bertz CT molecular complexity index is 545. The summed E-state index contributed by atoms with van der Waals surface area (Å²) in [7, 11) is 1.85. The van der Waals surface area contributed by atoms with Crippen LogP contribution < -0.4 is 5.32 Å². The third-order valence-electron chi connectivity index (χ3n) is 4.86. The van der Waals surface area contributed by atoms with Gasteiger partial charge in [0, 0.05) is 26.2 Å². The lowest BCUT2D eigenvalue weighted by atomic mass is 10.1. The van der Waals surface area contributed by atoms with Gasteiger partial charge in [0.2, 0.25) is 5.91 Å². The lowest BCUT2D eigenvalue weighted by molar-refractivity contribution is -0.121. The van der Waals surface area contributed by atoms with E-state index < -0.39 is 0 Å². The number of ether oxygens (including phenoxy) is 1. The van der Waals surface area contributed by atoms with Gasteiger partial charge in [-0.3, -0.25) is 14.4 Å². The Morgan fingerprint density at radius 2 is 2.36 bits per heavy atom. The number of aromatic nitrogens is 2. The minimum atomic E-state index is -0.0239. The predicted molar refractivity (Wildman–Crippen MR) is 81.5 cm³/mol. The van der Waals surface area contributed by atoms with Gasteiger partial charge in [-0.2, -0.15) is 5.10 Å². The van der Waals surface area contributed by atoms with Crippen LogP contribution >= 0.6 is 0 Å². The number of anilines is 1. The van der Waals surface area contributed by atoms with Crippen molar-refractivity contribution in [3.63, 3.8) is 0 Å². The lowest BCUT2D eigenvalue weighted by Crippen LogP contribution is -2.51. The highest BCUT2D eigenvalue weighted by Gasteiger charge is 2.41. The van der Waals surface area contributed by atoms with E-state index in [0.29, 0.717) is 19.1 Å². The molecule has 1 aromatic rings. The van der Waals surface area contributed by atoms with Crippen LogP contribution in [0.2, 0.25) is 0 Å². The standard InChI is InChI=1S/C15H24N4O3/c1-10-12(7-16-18(10)2)17-15(21)8-19-3-4-22-14-6-11(9-20)5-13(14)19/h7,11,13-14,20H,3-6,8-9H2,1-2H3,(H,17,21)/t11-,13+,14+/m1/s1. The molecule has 1 amide bonds. The fraction of sp³-hybridized carbons (Fsp3) is 0.733. The predicted octanol–water partition coefficient (Wildman–Crippen LogP) is 0.139. The first-order valence-corrected chi connectivity index (χ1v) is 7.83. The van der Waals surface area contributed by atoms with Gasteiger partial charge in [0.15, 0.2) is 0 Å². The molecule has 1 aliphatic carbocycles. The number of aliphatic hydroxyl groups excluding tert-OH is 1. The molecular weight excluding hydrogens is 284 g/mol. The molecule has 1 aliphatic heterocycles. The van der Waals surface area contributed by atoms with Gasteiger partial charge in [-0.15, -0.1) is 0 Å². The van der Waals surface area contributed by atoms with Crippen molar-refractivity contribution in [1.82, 2.24) is 14.7 Å². The zero-order valence-corrected chi connectivity index (χ0v) is 13.2. The molecule has 122 valence electrons. The summed E-state index contributed by atoms with van der Waals surface area (Å²) in [5.74, 6) is 0.267. The van der Waals surface area contributed by atoms with E-state index in [1.807, 2.05) is 14.0 Å². The monoisotopic (exact) mass is 308 g/mol. The molecule has 0 unspecified atom stereocenters. The van der Waals surface area contributed by atoms with Crippen LogP contribution in [-0.2, 0) is 16.6 Å². The molecule has 3 rings (SSSR count). The molecule has 2 N–H and O–H groups in total. The molecule has 7 nitrogen and oxygen atoms in total. The summed E-state index contributed by atoms with van der Waals surface area (Å²) in [6.45, 7) is 3.90. The van der Waals surface area contributed by atoms with Gasteiger partial charge < -0.3 is 15.2 Å². The molecule has 1 saturated carbocycles. The second kappa shape index (κ2) is 6.36. The second-order valence-electron chi connectivity index (χ2n) is 6.28. The van der Waals surface area contributed by atoms with Crippen LogP contribution in [0, 0.1) is 12.8 Å². The number of hydrogen-bond donors (Lipinski definition) is 2. The molecule has 0 aromatic carbocycles. The van der Waals surface area contributed by atoms with Crippen molar-refractivity contribution in [2.75, 3.05) is 31.6 Å². The third-order valence-corrected chi connectivity index (χ3v) is 4.86. The highest BCUT2D eigenvalue weighted by atomic mass is 16.5. The van der Waals surface area contributed by atoms with E-state index in [4.69, 9.17) is 4.74 Å². The molecule has 22 heavy (non-hydrogen) atoms. The maximum atomic E-state index is 12.3. The summed E-state index contributed by atoms with van der Waals surface area (Å²) >= 11 is 0. The van der Waals surface area contributed by atoms with E-state index in [1.165, 1.54) is 0 Å². The van der Waals surface area contributed by atoms with E-state index in [0.717, 1.165) is 30.8 Å². The Morgan fingerprint density at radius 3 is 3.05 bits per heavy atom. The minimum absolute atomic E-state index is 0.0239. The molecule has 7 heteroatoms. The van der Waals surface area contributed by atoms with E-state index in [9.17, 15) is 9.90 Å². The lowest BCUT2D eigenvalue weighted by Gasteiger charge is -2.37. The number of carbonyl (C=O) groups excluding carboxylic acids is 1. The van der Waals surface area contributed by atoms with Crippen LogP contribution in [0.4, 0.5) is 5.69 Å². The molecule has 0 bridgehead atoms. The zero-order chi connectivity index (χ0) is 15.7. The average Bonchev–Trinajstić information content (AvgIpc) is 3.06. The average molecular weight is 308 g/mol. The normalized spacial score (nSPS) is 28.6. The smallest absolute Gasteiger partial charge is 0.238 e. The van der Waals surface area contributed by atoms with Gasteiger partial charge in [0.1, 0.15) is 0 Å². The number of aliphatic hydroxyl groups is 1. The van der Waals surface area contributed by atoms with Crippen LogP contribution in [0.3, 0.4) is 0 Å². The fourth-order valence-electron chi connectivity index (χ4n) is 3.47. The highest BCUT2D eigenvalue weighted by Crippen LogP contribution is 2.33. The second-order valence-corrected chi connectivity index (χ2v) is 6.28. The van der Waals surface area contributed by atoms with Crippen LogP contribution in [0.25, 0.3) is 0 Å². The fourth-order valence-corrected chi connectivity index (χ4v) is 3.47. The number of hydrogen-bond acceptors (Lipinski definition) is 5. The Morgan fingerprint density at radius 1 is 1.55 bits per heavy atom. The molecular formula is C15H24N4O3. The number of fused-ring (bicyclic) bond motifs is 1. The summed E-state index contributed by atoms with van der Waals surface area (Å²) in [6.07, 6.45) is 3.62. The molecule has 2 aliphatic rings. The number of nitrogens with one attached hydrogen (secondary N) is 1. The summed E-state index contributed by atoms with van der Waals surface area (Å²) in [4.78, 5) is 14.5. The number of nitrogens with zero attached hydrogens (tertiary/aromatic N) is 3. The van der Waals surface area contributed by atoms with Crippen LogP contribution in [0.5, 0.6) is 0 Å². The van der Waals surface area contributed by atoms with Crippen LogP contribution in [0.1, 0.15) is 18.5 Å². The molecule has 3 atom stereocenters. The van der Waals surface area contributed by atoms with Crippen molar-refractivity contribution < 1.29 is 14.6 Å². The van der Waals surface area contributed by atoms with Crippen molar-refractivity contribution in [3.05, 3.63) is 11.9 Å². The van der Waals surface area contributed by atoms with Crippen molar-refractivity contribution in [2.24, 2.45) is 13.0 Å². The van der Waals surface area contributed by atoms with Crippen molar-refractivity contribution in [2.45, 2.75) is 31.9 Å². The zero-order valence-electron chi connectivity index (χ0n) is 13.2. The van der Waals surface area contributed by atoms with Crippen molar-refractivity contribution in [1.29, 1.82) is 0 Å². The summed E-state index contributed by atoms with van der Waals surface area (Å²) in [6, 6.07) is 0.242. The van der Waals surface area contributed by atoms with E-state index in [2.05, 4.69) is 15.3 Å². The van der Waals surface area contributed by atoms with Gasteiger partial charge in [-0.1, -0.05) is 0 Å². The van der Waals surface area contributed by atoms with Gasteiger partial charge in [0.05, 0.1) is 36.8 Å². The SMILES string of the molecule is Cc1c(NC(=O)CN2CCO[C@H]3C[C@H](CO)C[C@@H]32)cnn1C. The maximum Gasteiger partial charge on any atom is 0.238 e. The Kier molecular flexibility index (Phi) is 4.46. The Balaban J connectivity index is 1.60. The number of carbonyl (C=O) groups is 1. The number of amides is 1.